The summed E-state index contributed by atoms with van der Waals surface area (Å²) in [7, 11) is -3.62. The van der Waals surface area contributed by atoms with Crippen LogP contribution in [-0.4, -0.2) is 60.4 Å². The highest BCUT2D eigenvalue weighted by Gasteiger charge is 2.28. The zero-order chi connectivity index (χ0) is 23.6. The molecule has 1 fully saturated rings. The van der Waals surface area contributed by atoms with Crippen molar-refractivity contribution in [3.63, 3.8) is 0 Å². The number of carbonyl (C=O) groups is 1. The third-order valence-corrected chi connectivity index (χ3v) is 8.25. The summed E-state index contributed by atoms with van der Waals surface area (Å²) in [4.78, 5) is 15.3. The minimum atomic E-state index is -3.62. The number of nitrogens with one attached hydrogen (secondary N) is 1. The summed E-state index contributed by atoms with van der Waals surface area (Å²) >= 11 is 0. The SMILES string of the molecule is CC(C)Oc1ccc(S(=O)(=O)N2CCCCC2)cc1NC(=O)CN1CCn2cccc2[C@H]1C. The molecule has 1 atom stereocenters. The van der Waals surface area contributed by atoms with Crippen molar-refractivity contribution >= 4 is 21.6 Å². The van der Waals surface area contributed by atoms with E-state index in [1.807, 2.05) is 19.9 Å². The second kappa shape index (κ2) is 9.87. The molecule has 2 aromatic rings. The first-order valence-electron chi connectivity index (χ1n) is 11.8. The van der Waals surface area contributed by atoms with Gasteiger partial charge in [0, 0.05) is 44.1 Å². The van der Waals surface area contributed by atoms with Gasteiger partial charge in [0.2, 0.25) is 15.9 Å². The fraction of sp³-hybridized carbons (Fsp3) is 0.542. The summed E-state index contributed by atoms with van der Waals surface area (Å²) in [5.74, 6) is 0.277. The van der Waals surface area contributed by atoms with Crippen LogP contribution in [0.1, 0.15) is 51.8 Å². The number of fused-ring (bicyclic) bond motifs is 1. The van der Waals surface area contributed by atoms with Gasteiger partial charge in [0.05, 0.1) is 23.2 Å². The molecule has 0 bridgehead atoms. The van der Waals surface area contributed by atoms with Crippen LogP contribution in [0.15, 0.2) is 41.4 Å². The number of piperidine rings is 1. The Kier molecular flexibility index (Phi) is 7.11. The van der Waals surface area contributed by atoms with Gasteiger partial charge in [-0.25, -0.2) is 8.42 Å². The van der Waals surface area contributed by atoms with E-state index in [2.05, 4.69) is 34.0 Å². The molecule has 0 saturated carbocycles. The smallest absolute Gasteiger partial charge is 0.243 e. The Morgan fingerprint density at radius 3 is 2.61 bits per heavy atom. The van der Waals surface area contributed by atoms with E-state index in [-0.39, 0.29) is 29.5 Å². The minimum Gasteiger partial charge on any atom is -0.489 e. The van der Waals surface area contributed by atoms with Crippen molar-refractivity contribution in [2.75, 3.05) is 31.5 Å². The van der Waals surface area contributed by atoms with E-state index in [0.29, 0.717) is 24.5 Å². The van der Waals surface area contributed by atoms with Crippen molar-refractivity contribution in [3.05, 3.63) is 42.2 Å². The number of amides is 1. The average molecular weight is 475 g/mol. The van der Waals surface area contributed by atoms with Gasteiger partial charge in [-0.2, -0.15) is 4.31 Å². The standard InChI is InChI=1S/C24H34N4O4S/c1-18(2)32-23-10-9-20(33(30,31)28-12-5-4-6-13-28)16-21(23)25-24(29)17-27-15-14-26-11-7-8-22(26)19(27)3/h7-11,16,18-19H,4-6,12-15,17H2,1-3H3,(H,25,29)/t19-/m1/s1. The van der Waals surface area contributed by atoms with Crippen molar-refractivity contribution in [3.8, 4) is 5.75 Å². The molecule has 2 aliphatic rings. The maximum absolute atomic E-state index is 13.2. The maximum Gasteiger partial charge on any atom is 0.243 e. The van der Waals surface area contributed by atoms with Gasteiger partial charge >= 0.3 is 0 Å². The molecule has 3 heterocycles. The Balaban J connectivity index is 1.53. The molecule has 0 radical (unpaired) electrons. The minimum absolute atomic E-state index is 0.111. The van der Waals surface area contributed by atoms with E-state index < -0.39 is 10.0 Å². The summed E-state index contributed by atoms with van der Waals surface area (Å²) in [5.41, 5.74) is 1.58. The van der Waals surface area contributed by atoms with E-state index >= 15 is 0 Å². The fourth-order valence-electron chi connectivity index (χ4n) is 4.60. The number of anilines is 1. The molecule has 1 aromatic heterocycles. The molecular formula is C24H34N4O4S. The predicted octanol–water partition coefficient (Wildman–Crippen LogP) is 3.47. The lowest BCUT2D eigenvalue weighted by Gasteiger charge is -2.34. The molecule has 0 unspecified atom stereocenters. The lowest BCUT2D eigenvalue weighted by molar-refractivity contribution is -0.118. The van der Waals surface area contributed by atoms with Crippen LogP contribution in [0.25, 0.3) is 0 Å². The molecule has 0 aliphatic carbocycles. The monoisotopic (exact) mass is 474 g/mol. The number of rotatable bonds is 7. The Labute approximate surface area is 196 Å². The van der Waals surface area contributed by atoms with Crippen LogP contribution in [0.3, 0.4) is 0 Å². The van der Waals surface area contributed by atoms with Crippen LogP contribution in [0, 0.1) is 0 Å². The van der Waals surface area contributed by atoms with Gasteiger partial charge in [-0.05, 0) is 63.9 Å². The van der Waals surface area contributed by atoms with E-state index in [4.69, 9.17) is 4.74 Å². The molecule has 180 valence electrons. The maximum atomic E-state index is 13.2. The first kappa shape index (κ1) is 23.8. The predicted molar refractivity (Wildman–Crippen MR) is 128 cm³/mol. The van der Waals surface area contributed by atoms with Gasteiger partial charge in [-0.1, -0.05) is 6.42 Å². The van der Waals surface area contributed by atoms with Crippen LogP contribution in [0.5, 0.6) is 5.75 Å². The van der Waals surface area contributed by atoms with Crippen LogP contribution >= 0.6 is 0 Å². The zero-order valence-electron chi connectivity index (χ0n) is 19.7. The quantitative estimate of drug-likeness (QED) is 0.664. The first-order valence-corrected chi connectivity index (χ1v) is 13.2. The van der Waals surface area contributed by atoms with E-state index in [0.717, 1.165) is 32.4 Å². The Morgan fingerprint density at radius 2 is 1.88 bits per heavy atom. The molecular weight excluding hydrogens is 440 g/mol. The number of sulfonamides is 1. The second-order valence-corrected chi connectivity index (χ2v) is 11.0. The third kappa shape index (κ3) is 5.26. The van der Waals surface area contributed by atoms with Crippen LogP contribution < -0.4 is 10.1 Å². The number of carbonyl (C=O) groups excluding carboxylic acids is 1. The first-order chi connectivity index (χ1) is 15.8. The summed E-state index contributed by atoms with van der Waals surface area (Å²) in [6, 6.07) is 8.97. The van der Waals surface area contributed by atoms with Crippen LogP contribution in [0.2, 0.25) is 0 Å². The summed E-state index contributed by atoms with van der Waals surface area (Å²) in [5, 5.41) is 2.92. The topological polar surface area (TPSA) is 83.9 Å². The third-order valence-electron chi connectivity index (χ3n) is 6.36. The average Bonchev–Trinajstić information content (AvgIpc) is 3.27. The van der Waals surface area contributed by atoms with Crippen LogP contribution in [-0.2, 0) is 21.4 Å². The molecule has 9 heteroatoms. The van der Waals surface area contributed by atoms with Crippen LogP contribution in [0.4, 0.5) is 5.69 Å². The second-order valence-electron chi connectivity index (χ2n) is 9.11. The molecule has 0 spiro atoms. The van der Waals surface area contributed by atoms with E-state index in [1.165, 1.54) is 16.1 Å². The molecule has 1 aromatic carbocycles. The molecule has 2 aliphatic heterocycles. The van der Waals surface area contributed by atoms with Gasteiger partial charge in [-0.15, -0.1) is 0 Å². The number of ether oxygens (including phenoxy) is 1. The molecule has 1 amide bonds. The lowest BCUT2D eigenvalue weighted by atomic mass is 10.1. The lowest BCUT2D eigenvalue weighted by Crippen LogP contribution is -2.41. The molecule has 1 saturated heterocycles. The zero-order valence-corrected chi connectivity index (χ0v) is 20.5. The highest BCUT2D eigenvalue weighted by molar-refractivity contribution is 7.89. The molecule has 4 rings (SSSR count). The molecule has 8 nitrogen and oxygen atoms in total. The van der Waals surface area contributed by atoms with Gasteiger partial charge < -0.3 is 14.6 Å². The van der Waals surface area contributed by atoms with Gasteiger partial charge in [0.25, 0.3) is 0 Å². The Morgan fingerprint density at radius 1 is 1.12 bits per heavy atom. The summed E-state index contributed by atoms with van der Waals surface area (Å²) in [6.45, 7) is 8.78. The molecule has 1 N–H and O–H groups in total. The number of aromatic nitrogens is 1. The fourth-order valence-corrected chi connectivity index (χ4v) is 6.14. The Bertz CT molecular complexity index is 1090. The normalized spacial score (nSPS) is 19.9. The summed E-state index contributed by atoms with van der Waals surface area (Å²) < 4.78 is 36.0. The highest BCUT2D eigenvalue weighted by atomic mass is 32.2. The van der Waals surface area contributed by atoms with Crippen molar-refractivity contribution in [2.24, 2.45) is 0 Å². The van der Waals surface area contributed by atoms with Crippen molar-refractivity contribution < 1.29 is 17.9 Å². The number of benzene rings is 1. The van der Waals surface area contributed by atoms with Gasteiger partial charge in [0.1, 0.15) is 5.75 Å². The van der Waals surface area contributed by atoms with Gasteiger partial charge in [0.15, 0.2) is 0 Å². The van der Waals surface area contributed by atoms with Gasteiger partial charge in [-0.3, -0.25) is 9.69 Å². The van der Waals surface area contributed by atoms with Crippen molar-refractivity contribution in [1.82, 2.24) is 13.8 Å². The van der Waals surface area contributed by atoms with E-state index in [1.54, 1.807) is 12.1 Å². The van der Waals surface area contributed by atoms with E-state index in [9.17, 15) is 13.2 Å². The number of nitrogens with zero attached hydrogens (tertiary/aromatic N) is 3. The highest BCUT2D eigenvalue weighted by Crippen LogP contribution is 2.31. The van der Waals surface area contributed by atoms with Crippen molar-refractivity contribution in [1.29, 1.82) is 0 Å². The largest absolute Gasteiger partial charge is 0.489 e. The number of hydrogen-bond donors (Lipinski definition) is 1. The number of hydrogen-bond acceptors (Lipinski definition) is 5. The summed E-state index contributed by atoms with van der Waals surface area (Å²) in [6.07, 6.45) is 4.74. The van der Waals surface area contributed by atoms with Crippen molar-refractivity contribution in [2.45, 2.75) is 63.6 Å². The molecule has 33 heavy (non-hydrogen) atoms. The Hall–Kier alpha value is -2.36.